The molecule has 1 unspecified atom stereocenters. The lowest BCUT2D eigenvalue weighted by atomic mass is 10.4. The van der Waals surface area contributed by atoms with Crippen LogP contribution in [-0.4, -0.2) is 47.4 Å². The zero-order chi connectivity index (χ0) is 9.94. The van der Waals surface area contributed by atoms with Crippen LogP contribution in [0.4, 0.5) is 0 Å². The third-order valence-corrected chi connectivity index (χ3v) is 1.98. The Morgan fingerprint density at radius 1 is 1.54 bits per heavy atom. The lowest BCUT2D eigenvalue weighted by Gasteiger charge is -2.08. The van der Waals surface area contributed by atoms with Gasteiger partial charge in [0.2, 0.25) is 5.44 Å². The molecule has 0 radical (unpaired) electrons. The quantitative estimate of drug-likeness (QED) is 0.298. The van der Waals surface area contributed by atoms with Gasteiger partial charge in [0.25, 0.3) is 0 Å². The molecule has 0 fully saturated rings. The molecule has 0 heterocycles. The minimum atomic E-state index is -4.32. The van der Waals surface area contributed by atoms with Crippen LogP contribution in [0.15, 0.2) is 12.2 Å². The summed E-state index contributed by atoms with van der Waals surface area (Å²) in [6, 6.07) is 0. The molecule has 0 spiro atoms. The molecule has 0 aliphatic carbocycles. The van der Waals surface area contributed by atoms with E-state index in [4.69, 9.17) is 4.55 Å². The van der Waals surface area contributed by atoms with Crippen molar-refractivity contribution >= 4 is 39.1 Å². The molecule has 0 aliphatic heterocycles. The van der Waals surface area contributed by atoms with Gasteiger partial charge in [-0.2, -0.15) is 8.42 Å². The lowest BCUT2D eigenvalue weighted by molar-refractivity contribution is -0.140. The maximum absolute atomic E-state index is 10.7. The van der Waals surface area contributed by atoms with Gasteiger partial charge in [-0.15, -0.1) is 0 Å². The summed E-state index contributed by atoms with van der Waals surface area (Å²) in [6.45, 7) is 5.66. The molecular weight excluding hydrogens is 208 g/mol. The van der Waals surface area contributed by atoms with Gasteiger partial charge in [-0.3, -0.25) is 4.55 Å². The summed E-state index contributed by atoms with van der Waals surface area (Å²) in [5.41, 5.74) is -1.48. The van der Waals surface area contributed by atoms with Crippen LogP contribution in [-0.2, 0) is 19.6 Å². The number of carbonyl (C=O) groups is 1. The van der Waals surface area contributed by atoms with E-state index >= 15 is 0 Å². The van der Waals surface area contributed by atoms with Crippen molar-refractivity contribution in [1.29, 1.82) is 0 Å². The van der Waals surface area contributed by atoms with Crippen molar-refractivity contribution in [2.75, 3.05) is 0 Å². The highest BCUT2D eigenvalue weighted by Gasteiger charge is 2.21. The molecule has 0 amide bonds. The summed E-state index contributed by atoms with van der Waals surface area (Å²) >= 11 is 0. The molecule has 0 saturated heterocycles. The number of hydrogen-bond acceptors (Lipinski definition) is 4. The van der Waals surface area contributed by atoms with E-state index in [9.17, 15) is 13.2 Å². The fourth-order valence-corrected chi connectivity index (χ4v) is 0.521. The van der Waals surface area contributed by atoms with E-state index < -0.39 is 21.5 Å². The number of rotatable bonds is 3. The molecule has 0 aliphatic rings. The van der Waals surface area contributed by atoms with Gasteiger partial charge in [0, 0.05) is 5.57 Å². The third kappa shape index (κ3) is 6.02. The summed E-state index contributed by atoms with van der Waals surface area (Å²) in [4.78, 5) is 10.7. The second-order valence-corrected chi connectivity index (χ2v) is 3.96. The van der Waals surface area contributed by atoms with Gasteiger partial charge in [0.05, 0.1) is 0 Å². The van der Waals surface area contributed by atoms with E-state index in [0.717, 1.165) is 6.92 Å². The zero-order valence-electron chi connectivity index (χ0n) is 6.77. The minimum Gasteiger partial charge on any atom is -0.440 e. The standard InChI is InChI=1S/C6H10O5S.Mg.2H/c1-4(2)6(7)11-5(3)12(8,9)10;;;/h5H,1H2,2-3H3,(H,8,9,10);;;. The fourth-order valence-electron chi connectivity index (χ4n) is 0.312. The monoisotopic (exact) mass is 220 g/mol. The van der Waals surface area contributed by atoms with Crippen molar-refractivity contribution < 1.29 is 22.5 Å². The van der Waals surface area contributed by atoms with Crippen LogP contribution in [0.25, 0.3) is 0 Å². The van der Waals surface area contributed by atoms with Gasteiger partial charge in [0.1, 0.15) is 0 Å². The van der Waals surface area contributed by atoms with Crippen LogP contribution in [0.3, 0.4) is 0 Å². The molecule has 0 bridgehead atoms. The van der Waals surface area contributed by atoms with E-state index in [1.165, 1.54) is 6.92 Å². The van der Waals surface area contributed by atoms with Crippen LogP contribution in [0.1, 0.15) is 13.8 Å². The minimum absolute atomic E-state index is 0. The predicted octanol–water partition coefficient (Wildman–Crippen LogP) is -0.577. The first-order valence-electron chi connectivity index (χ1n) is 3.08. The van der Waals surface area contributed by atoms with Crippen molar-refractivity contribution in [2.24, 2.45) is 0 Å². The van der Waals surface area contributed by atoms with Gasteiger partial charge >= 0.3 is 39.1 Å². The van der Waals surface area contributed by atoms with Gasteiger partial charge in [-0.05, 0) is 13.8 Å². The lowest BCUT2D eigenvalue weighted by Crippen LogP contribution is -2.23. The van der Waals surface area contributed by atoms with Gasteiger partial charge in [-0.25, -0.2) is 4.79 Å². The summed E-state index contributed by atoms with van der Waals surface area (Å²) in [5.74, 6) is -0.847. The van der Waals surface area contributed by atoms with Crippen molar-refractivity contribution in [2.45, 2.75) is 19.3 Å². The third-order valence-electron chi connectivity index (χ3n) is 1.04. The highest BCUT2D eigenvalue weighted by Crippen LogP contribution is 2.03. The first kappa shape index (κ1) is 15.4. The van der Waals surface area contributed by atoms with Gasteiger partial charge in [-0.1, -0.05) is 6.58 Å². The Labute approximate surface area is 93.0 Å². The van der Waals surface area contributed by atoms with Crippen molar-refractivity contribution in [1.82, 2.24) is 0 Å². The molecule has 13 heavy (non-hydrogen) atoms. The maximum atomic E-state index is 10.7. The maximum Gasteiger partial charge on any atom is 0.334 e. The Bertz CT molecular complexity index is 294. The Morgan fingerprint density at radius 3 is 2.15 bits per heavy atom. The normalized spacial score (nSPS) is 12.5. The topological polar surface area (TPSA) is 80.7 Å². The molecular formula is C6H12MgO5S. The predicted molar refractivity (Wildman–Crippen MR) is 50.5 cm³/mol. The number of hydrogen-bond donors (Lipinski definition) is 1. The summed E-state index contributed by atoms with van der Waals surface area (Å²) in [5, 5.41) is 0. The Kier molecular flexibility index (Phi) is 6.60. The van der Waals surface area contributed by atoms with E-state index in [0.29, 0.717) is 0 Å². The van der Waals surface area contributed by atoms with E-state index in [-0.39, 0.29) is 28.6 Å². The molecule has 1 N–H and O–H groups in total. The molecule has 0 aromatic carbocycles. The van der Waals surface area contributed by atoms with Gasteiger partial charge in [0.15, 0.2) is 0 Å². The second kappa shape index (κ2) is 5.58. The number of esters is 1. The first-order chi connectivity index (χ1) is 5.25. The molecule has 0 saturated carbocycles. The smallest absolute Gasteiger partial charge is 0.334 e. The molecule has 0 aromatic heterocycles. The zero-order valence-corrected chi connectivity index (χ0v) is 7.59. The number of carbonyl (C=O) groups excluding carboxylic acids is 1. The highest BCUT2D eigenvalue weighted by molar-refractivity contribution is 7.86. The van der Waals surface area contributed by atoms with E-state index in [1.54, 1.807) is 0 Å². The second-order valence-electron chi connectivity index (χ2n) is 2.27. The molecule has 1 atom stereocenters. The number of ether oxygens (including phenoxy) is 1. The van der Waals surface area contributed by atoms with Crippen LogP contribution < -0.4 is 0 Å². The van der Waals surface area contributed by atoms with Crippen LogP contribution in [0.5, 0.6) is 0 Å². The summed E-state index contributed by atoms with van der Waals surface area (Å²) in [7, 11) is -4.32. The SMILES string of the molecule is C=C(C)C(=O)OC(C)S(=O)(=O)O.[MgH2]. The van der Waals surface area contributed by atoms with Crippen LogP contribution >= 0.6 is 0 Å². The Hall–Kier alpha value is -0.114. The van der Waals surface area contributed by atoms with Crippen molar-refractivity contribution in [3.8, 4) is 0 Å². The Morgan fingerprint density at radius 2 is 1.92 bits per heavy atom. The van der Waals surface area contributed by atoms with Crippen molar-refractivity contribution in [3.63, 3.8) is 0 Å². The van der Waals surface area contributed by atoms with E-state index in [1.807, 2.05) is 0 Å². The largest absolute Gasteiger partial charge is 0.440 e. The summed E-state index contributed by atoms with van der Waals surface area (Å²) in [6.07, 6.45) is 0. The molecule has 5 nitrogen and oxygen atoms in total. The molecule has 7 heteroatoms. The molecule has 0 rings (SSSR count). The Balaban J connectivity index is 0. The first-order valence-corrected chi connectivity index (χ1v) is 4.58. The van der Waals surface area contributed by atoms with Crippen LogP contribution in [0.2, 0.25) is 0 Å². The average Bonchev–Trinajstić information content (AvgIpc) is 1.85. The molecule has 0 aromatic rings. The summed E-state index contributed by atoms with van der Waals surface area (Å²) < 4.78 is 33.4. The van der Waals surface area contributed by atoms with E-state index in [2.05, 4.69) is 11.3 Å². The van der Waals surface area contributed by atoms with Crippen molar-refractivity contribution in [3.05, 3.63) is 12.2 Å². The van der Waals surface area contributed by atoms with Gasteiger partial charge < -0.3 is 4.74 Å². The highest BCUT2D eigenvalue weighted by atomic mass is 32.2. The molecule has 74 valence electrons. The fraction of sp³-hybridized carbons (Fsp3) is 0.500. The average molecular weight is 221 g/mol. The van der Waals surface area contributed by atoms with Crippen LogP contribution in [0, 0.1) is 0 Å².